The first kappa shape index (κ1) is 16.7. The van der Waals surface area contributed by atoms with Gasteiger partial charge in [-0.3, -0.25) is 9.36 Å². The summed E-state index contributed by atoms with van der Waals surface area (Å²) in [5.41, 5.74) is 1.51. The van der Waals surface area contributed by atoms with Gasteiger partial charge in [-0.2, -0.15) is 0 Å². The average Bonchev–Trinajstić information content (AvgIpc) is 2.80. The highest BCUT2D eigenvalue weighted by Crippen LogP contribution is 2.27. The molecule has 24 heavy (non-hydrogen) atoms. The van der Waals surface area contributed by atoms with Crippen LogP contribution in [0.25, 0.3) is 0 Å². The molecule has 1 aromatic heterocycles. The predicted molar refractivity (Wildman–Crippen MR) is 95.5 cm³/mol. The van der Waals surface area contributed by atoms with Gasteiger partial charge in [0.1, 0.15) is 0 Å². The van der Waals surface area contributed by atoms with E-state index in [1.807, 2.05) is 0 Å². The van der Waals surface area contributed by atoms with Crippen LogP contribution in [0.3, 0.4) is 0 Å². The molecule has 2 heterocycles. The quantitative estimate of drug-likeness (QED) is 0.936. The summed E-state index contributed by atoms with van der Waals surface area (Å²) in [4.78, 5) is 29.0. The Morgan fingerprint density at radius 1 is 1.08 bits per heavy atom. The van der Waals surface area contributed by atoms with Crippen LogP contribution in [0.5, 0.6) is 0 Å². The van der Waals surface area contributed by atoms with Gasteiger partial charge in [0, 0.05) is 24.8 Å². The molecule has 0 amide bonds. The van der Waals surface area contributed by atoms with Crippen LogP contribution >= 0.6 is 0 Å². The minimum atomic E-state index is -0.308. The second-order valence-corrected chi connectivity index (χ2v) is 6.63. The van der Waals surface area contributed by atoms with E-state index in [0.29, 0.717) is 18.2 Å². The number of aryl methyl sites for hydroxylation is 1. The van der Waals surface area contributed by atoms with Crippen LogP contribution in [0, 0.1) is 6.92 Å². The molecule has 0 radical (unpaired) electrons. The molecule has 1 fully saturated rings. The Hall–Kier alpha value is -2.14. The first-order chi connectivity index (χ1) is 11.6. The molecular formula is C19H25N3O2. The van der Waals surface area contributed by atoms with Gasteiger partial charge in [-0.05, 0) is 50.8 Å². The van der Waals surface area contributed by atoms with Crippen LogP contribution in [0.4, 0.5) is 0 Å². The van der Waals surface area contributed by atoms with Crippen molar-refractivity contribution in [1.82, 2.24) is 14.5 Å². The Morgan fingerprint density at radius 3 is 2.62 bits per heavy atom. The van der Waals surface area contributed by atoms with Crippen LogP contribution in [0.15, 0.2) is 46.0 Å². The Morgan fingerprint density at radius 2 is 1.88 bits per heavy atom. The SMILES string of the molecule is Cc1cc(=O)n(CCN2CCCC(c3ccccc3)CC2)c(=O)[nH]1. The third kappa shape index (κ3) is 4.03. The summed E-state index contributed by atoms with van der Waals surface area (Å²) in [6.45, 7) is 4.96. The van der Waals surface area contributed by atoms with E-state index >= 15 is 0 Å². The van der Waals surface area contributed by atoms with E-state index < -0.39 is 0 Å². The van der Waals surface area contributed by atoms with Gasteiger partial charge in [-0.1, -0.05) is 30.3 Å². The summed E-state index contributed by atoms with van der Waals surface area (Å²) in [6, 6.07) is 12.2. The monoisotopic (exact) mass is 327 g/mol. The van der Waals surface area contributed by atoms with Crippen LogP contribution in [-0.2, 0) is 6.54 Å². The molecule has 1 aliphatic heterocycles. The van der Waals surface area contributed by atoms with Crippen molar-refractivity contribution in [2.24, 2.45) is 0 Å². The van der Waals surface area contributed by atoms with Gasteiger partial charge in [0.2, 0.25) is 0 Å². The van der Waals surface area contributed by atoms with Gasteiger partial charge in [0.05, 0.1) is 0 Å². The van der Waals surface area contributed by atoms with Gasteiger partial charge < -0.3 is 9.88 Å². The van der Waals surface area contributed by atoms with Crippen LogP contribution in [-0.4, -0.2) is 34.1 Å². The van der Waals surface area contributed by atoms with Crippen LogP contribution in [0.2, 0.25) is 0 Å². The van der Waals surface area contributed by atoms with Gasteiger partial charge in [-0.15, -0.1) is 0 Å². The fourth-order valence-electron chi connectivity index (χ4n) is 3.53. The lowest BCUT2D eigenvalue weighted by atomic mass is 9.92. The van der Waals surface area contributed by atoms with Crippen molar-refractivity contribution in [1.29, 1.82) is 0 Å². The molecule has 5 heteroatoms. The average molecular weight is 327 g/mol. The number of hydrogen-bond donors (Lipinski definition) is 1. The zero-order chi connectivity index (χ0) is 16.9. The normalized spacial score (nSPS) is 19.1. The minimum absolute atomic E-state index is 0.215. The summed E-state index contributed by atoms with van der Waals surface area (Å²) in [5, 5.41) is 0. The zero-order valence-electron chi connectivity index (χ0n) is 14.2. The Labute approximate surface area is 141 Å². The number of nitrogens with zero attached hydrogens (tertiary/aromatic N) is 2. The molecule has 5 nitrogen and oxygen atoms in total. The van der Waals surface area contributed by atoms with E-state index in [1.54, 1.807) is 6.92 Å². The number of aromatic nitrogens is 2. The fraction of sp³-hybridized carbons (Fsp3) is 0.474. The van der Waals surface area contributed by atoms with Gasteiger partial charge in [0.25, 0.3) is 5.56 Å². The third-order valence-electron chi connectivity index (χ3n) is 4.89. The lowest BCUT2D eigenvalue weighted by molar-refractivity contribution is 0.269. The van der Waals surface area contributed by atoms with Crippen molar-refractivity contribution >= 4 is 0 Å². The van der Waals surface area contributed by atoms with Crippen LogP contribution < -0.4 is 11.2 Å². The Kier molecular flexibility index (Phi) is 5.30. The van der Waals surface area contributed by atoms with E-state index in [-0.39, 0.29) is 11.2 Å². The summed E-state index contributed by atoms with van der Waals surface area (Å²) < 4.78 is 1.30. The number of hydrogen-bond acceptors (Lipinski definition) is 3. The molecule has 1 N–H and O–H groups in total. The van der Waals surface area contributed by atoms with Crippen molar-refractivity contribution < 1.29 is 0 Å². The lowest BCUT2D eigenvalue weighted by Gasteiger charge is -2.20. The predicted octanol–water partition coefficient (Wildman–Crippen LogP) is 2.11. The maximum absolute atomic E-state index is 12.0. The zero-order valence-corrected chi connectivity index (χ0v) is 14.2. The molecule has 1 unspecified atom stereocenters. The number of benzene rings is 1. The molecule has 1 atom stereocenters. The number of rotatable bonds is 4. The molecular weight excluding hydrogens is 302 g/mol. The topological polar surface area (TPSA) is 58.1 Å². The summed E-state index contributed by atoms with van der Waals surface area (Å²) >= 11 is 0. The fourth-order valence-corrected chi connectivity index (χ4v) is 3.53. The molecule has 1 saturated heterocycles. The highest BCUT2D eigenvalue weighted by molar-refractivity contribution is 5.19. The number of likely N-dealkylation sites (tertiary alicyclic amines) is 1. The highest BCUT2D eigenvalue weighted by atomic mass is 16.2. The third-order valence-corrected chi connectivity index (χ3v) is 4.89. The molecule has 0 spiro atoms. The molecule has 1 aromatic carbocycles. The van der Waals surface area contributed by atoms with Crippen molar-refractivity contribution in [2.75, 3.05) is 19.6 Å². The largest absolute Gasteiger partial charge is 0.328 e. The van der Waals surface area contributed by atoms with Crippen LogP contribution in [0.1, 0.15) is 36.4 Å². The van der Waals surface area contributed by atoms with Crippen molar-refractivity contribution in [3.05, 3.63) is 68.5 Å². The summed E-state index contributed by atoms with van der Waals surface area (Å²) in [7, 11) is 0. The van der Waals surface area contributed by atoms with Crippen molar-refractivity contribution in [3.63, 3.8) is 0 Å². The molecule has 0 aliphatic carbocycles. The molecule has 0 bridgehead atoms. The molecule has 128 valence electrons. The maximum Gasteiger partial charge on any atom is 0.328 e. The van der Waals surface area contributed by atoms with Gasteiger partial charge in [-0.25, -0.2) is 4.79 Å². The van der Waals surface area contributed by atoms with E-state index in [2.05, 4.69) is 40.2 Å². The van der Waals surface area contributed by atoms with E-state index in [4.69, 9.17) is 0 Å². The second-order valence-electron chi connectivity index (χ2n) is 6.63. The highest BCUT2D eigenvalue weighted by Gasteiger charge is 2.18. The first-order valence-corrected chi connectivity index (χ1v) is 8.71. The van der Waals surface area contributed by atoms with E-state index in [1.165, 1.54) is 22.6 Å². The van der Waals surface area contributed by atoms with E-state index in [9.17, 15) is 9.59 Å². The minimum Gasteiger partial charge on any atom is -0.311 e. The smallest absolute Gasteiger partial charge is 0.311 e. The lowest BCUT2D eigenvalue weighted by Crippen LogP contribution is -2.39. The van der Waals surface area contributed by atoms with Crippen molar-refractivity contribution in [3.8, 4) is 0 Å². The maximum atomic E-state index is 12.0. The number of H-pyrrole nitrogens is 1. The molecule has 0 saturated carbocycles. The van der Waals surface area contributed by atoms with E-state index in [0.717, 1.165) is 32.5 Å². The second kappa shape index (κ2) is 7.62. The molecule has 3 rings (SSSR count). The Bertz CT molecular complexity index is 748. The number of aromatic amines is 1. The number of nitrogens with one attached hydrogen (secondary N) is 1. The summed E-state index contributed by atoms with van der Waals surface area (Å²) in [6.07, 6.45) is 3.48. The van der Waals surface area contributed by atoms with Crippen molar-refractivity contribution in [2.45, 2.75) is 38.6 Å². The van der Waals surface area contributed by atoms with Gasteiger partial charge in [0.15, 0.2) is 0 Å². The molecule has 1 aliphatic rings. The Balaban J connectivity index is 1.60. The van der Waals surface area contributed by atoms with Gasteiger partial charge >= 0.3 is 5.69 Å². The first-order valence-electron chi connectivity index (χ1n) is 8.71. The molecule has 2 aromatic rings. The standard InChI is InChI=1S/C19H25N3O2/c1-15-14-18(23)22(19(24)20-15)13-12-21-10-5-8-17(9-11-21)16-6-3-2-4-7-16/h2-4,6-7,14,17H,5,8-13H2,1H3,(H,20,24). The summed E-state index contributed by atoms with van der Waals surface area (Å²) in [5.74, 6) is 0.613.